The minimum Gasteiger partial charge on any atom is -0.505 e. The first-order chi connectivity index (χ1) is 11.6. The third-order valence-electron chi connectivity index (χ3n) is 2.82. The summed E-state index contributed by atoms with van der Waals surface area (Å²) in [5, 5.41) is 37.9. The summed E-state index contributed by atoms with van der Waals surface area (Å²) in [5.41, 5.74) is 0.822. The second kappa shape index (κ2) is 8.53. The summed E-state index contributed by atoms with van der Waals surface area (Å²) in [7, 11) is -2.68. The number of anilines is 1. The van der Waals surface area contributed by atoms with Crippen LogP contribution in [0.3, 0.4) is 0 Å². The molecule has 0 saturated carbocycles. The molecule has 0 unspecified atom stereocenters. The van der Waals surface area contributed by atoms with E-state index in [4.69, 9.17) is 25.0 Å². The van der Waals surface area contributed by atoms with E-state index in [0.29, 0.717) is 0 Å². The monoisotopic (exact) mass is 379 g/mol. The van der Waals surface area contributed by atoms with Crippen LogP contribution < -0.4 is 9.50 Å². The van der Waals surface area contributed by atoms with E-state index in [-0.39, 0.29) is 5.75 Å². The van der Waals surface area contributed by atoms with Crippen molar-refractivity contribution in [1.29, 1.82) is 0 Å². The number of hydrogen-bond donors (Lipinski definition) is 6. The van der Waals surface area contributed by atoms with Crippen molar-refractivity contribution in [2.24, 2.45) is 0 Å². The van der Waals surface area contributed by atoms with Gasteiger partial charge in [-0.1, -0.05) is 0 Å². The van der Waals surface area contributed by atoms with Gasteiger partial charge in [0.15, 0.2) is 11.9 Å². The lowest BCUT2D eigenvalue weighted by Crippen LogP contribution is -2.31. The van der Waals surface area contributed by atoms with Crippen molar-refractivity contribution in [1.82, 2.24) is 0 Å². The fourth-order valence-corrected chi connectivity index (χ4v) is 1.98. The highest BCUT2D eigenvalue weighted by molar-refractivity contribution is 7.81. The first-order valence-electron chi connectivity index (χ1n) is 6.65. The van der Waals surface area contributed by atoms with E-state index in [9.17, 15) is 13.2 Å². The summed E-state index contributed by atoms with van der Waals surface area (Å²) < 4.78 is 37.4. The van der Waals surface area contributed by atoms with E-state index in [1.807, 2.05) is 0 Å². The number of aliphatic hydroxyl groups is 4. The van der Waals surface area contributed by atoms with Gasteiger partial charge in [0.25, 0.3) is 0 Å². The van der Waals surface area contributed by atoms with Gasteiger partial charge in [0.2, 0.25) is 5.76 Å². The standard InChI is InChI=1S/C7H9NO4S.C6H8O6/c1-8-6-2-4-7(5-3-6)12-13(9,10)11;7-1-2(8)5-3(9)4(10)6(11)12-5/h2-5,8H,1H3,(H,9,10,11);2,5,7-10H,1H2/t;2-,5+/m.0/s1. The molecule has 2 atom stereocenters. The van der Waals surface area contributed by atoms with Gasteiger partial charge in [0.1, 0.15) is 11.9 Å². The van der Waals surface area contributed by atoms with Crippen LogP contribution in [-0.2, 0) is 19.9 Å². The number of esters is 1. The van der Waals surface area contributed by atoms with Crippen molar-refractivity contribution < 1.29 is 47.1 Å². The summed E-state index contributed by atoms with van der Waals surface area (Å²) in [4.78, 5) is 10.5. The number of cyclic esters (lactones) is 1. The molecule has 6 N–H and O–H groups in total. The molecule has 1 aromatic carbocycles. The second-order valence-corrected chi connectivity index (χ2v) is 5.62. The van der Waals surface area contributed by atoms with Crippen molar-refractivity contribution in [2.45, 2.75) is 12.2 Å². The van der Waals surface area contributed by atoms with Gasteiger partial charge < -0.3 is 34.7 Å². The molecule has 0 aromatic heterocycles. The molecule has 0 amide bonds. The van der Waals surface area contributed by atoms with Gasteiger partial charge in [-0.15, -0.1) is 0 Å². The van der Waals surface area contributed by atoms with E-state index in [0.717, 1.165) is 5.69 Å². The Kier molecular flexibility index (Phi) is 6.99. The van der Waals surface area contributed by atoms with Crippen LogP contribution in [0.5, 0.6) is 5.75 Å². The predicted octanol–water partition coefficient (Wildman–Crippen LogP) is -0.497. The number of hydrogen-bond acceptors (Lipinski definition) is 10. The largest absolute Gasteiger partial charge is 0.505 e. The van der Waals surface area contributed by atoms with E-state index in [2.05, 4.69) is 14.2 Å². The maximum Gasteiger partial charge on any atom is 0.446 e. The quantitative estimate of drug-likeness (QED) is 0.286. The third kappa shape index (κ3) is 6.11. The minimum absolute atomic E-state index is 0.0708. The molecule has 11 nitrogen and oxygen atoms in total. The van der Waals surface area contributed by atoms with Crippen molar-refractivity contribution in [3.8, 4) is 5.75 Å². The molecule has 0 fully saturated rings. The van der Waals surface area contributed by atoms with Crippen LogP contribution in [0, 0.1) is 0 Å². The van der Waals surface area contributed by atoms with Gasteiger partial charge in [-0.05, 0) is 24.3 Å². The number of aliphatic hydroxyl groups excluding tert-OH is 4. The first-order valence-corrected chi connectivity index (χ1v) is 8.02. The molecule has 1 aliphatic rings. The Bertz CT molecular complexity index is 728. The Balaban J connectivity index is 0.000000251. The number of nitrogens with one attached hydrogen (secondary N) is 1. The van der Waals surface area contributed by atoms with Gasteiger partial charge in [-0.2, -0.15) is 8.42 Å². The average molecular weight is 379 g/mol. The summed E-state index contributed by atoms with van der Waals surface area (Å²) >= 11 is 0. The van der Waals surface area contributed by atoms with Crippen LogP contribution in [0.25, 0.3) is 0 Å². The molecule has 1 aliphatic heterocycles. The second-order valence-electron chi connectivity index (χ2n) is 4.60. The zero-order chi connectivity index (χ0) is 19.2. The molecule has 25 heavy (non-hydrogen) atoms. The van der Waals surface area contributed by atoms with Gasteiger partial charge in [-0.3, -0.25) is 4.55 Å². The molecule has 0 radical (unpaired) electrons. The number of carbonyl (C=O) groups is 1. The number of carbonyl (C=O) groups excluding carboxylic acids is 1. The predicted molar refractivity (Wildman–Crippen MR) is 83.4 cm³/mol. The van der Waals surface area contributed by atoms with Gasteiger partial charge in [-0.25, -0.2) is 4.79 Å². The molecule has 140 valence electrons. The van der Waals surface area contributed by atoms with Crippen molar-refractivity contribution in [3.63, 3.8) is 0 Å². The van der Waals surface area contributed by atoms with E-state index in [1.54, 1.807) is 19.2 Å². The Hall–Kier alpha value is -2.54. The normalized spacial score (nSPS) is 18.1. The van der Waals surface area contributed by atoms with E-state index >= 15 is 0 Å². The van der Waals surface area contributed by atoms with Crippen LogP contribution in [0.4, 0.5) is 5.69 Å². The van der Waals surface area contributed by atoms with E-state index < -0.39 is 46.7 Å². The maximum atomic E-state index is 10.5. The smallest absolute Gasteiger partial charge is 0.446 e. The Morgan fingerprint density at radius 1 is 1.28 bits per heavy atom. The van der Waals surface area contributed by atoms with Gasteiger partial charge in [0, 0.05) is 12.7 Å². The molecular formula is C13H17NO10S. The van der Waals surface area contributed by atoms with Crippen LogP contribution in [0.1, 0.15) is 0 Å². The van der Waals surface area contributed by atoms with Gasteiger partial charge >= 0.3 is 16.4 Å². The number of rotatable bonds is 5. The Morgan fingerprint density at radius 3 is 2.20 bits per heavy atom. The lowest BCUT2D eigenvalue weighted by atomic mass is 10.2. The molecule has 0 bridgehead atoms. The lowest BCUT2D eigenvalue weighted by Gasteiger charge is -2.13. The van der Waals surface area contributed by atoms with Crippen LogP contribution >= 0.6 is 0 Å². The molecule has 0 spiro atoms. The minimum atomic E-state index is -4.42. The SMILES string of the molecule is CNc1ccc(OS(=O)(=O)O)cc1.O=C1O[C@H]([C@@H](O)CO)C(O)=C1O. The molecule has 1 heterocycles. The first kappa shape index (κ1) is 20.5. The molecule has 0 aliphatic carbocycles. The number of ether oxygens (including phenoxy) is 1. The lowest BCUT2D eigenvalue weighted by molar-refractivity contribution is -0.147. The molecule has 2 rings (SSSR count). The van der Waals surface area contributed by atoms with Crippen molar-refractivity contribution in [3.05, 3.63) is 35.8 Å². The van der Waals surface area contributed by atoms with Gasteiger partial charge in [0.05, 0.1) is 6.61 Å². The molecule has 1 aromatic rings. The van der Waals surface area contributed by atoms with E-state index in [1.165, 1.54) is 12.1 Å². The maximum absolute atomic E-state index is 10.5. The third-order valence-corrected chi connectivity index (χ3v) is 3.22. The fraction of sp³-hybridized carbons (Fsp3) is 0.308. The molecule has 0 saturated heterocycles. The highest BCUT2D eigenvalue weighted by Crippen LogP contribution is 2.21. The van der Waals surface area contributed by atoms with Crippen LogP contribution in [-0.4, -0.2) is 65.2 Å². The zero-order valence-electron chi connectivity index (χ0n) is 12.9. The summed E-state index contributed by atoms with van der Waals surface area (Å²) in [6.45, 7) is -0.671. The van der Waals surface area contributed by atoms with Crippen LogP contribution in [0.15, 0.2) is 35.8 Å². The molecular weight excluding hydrogens is 362 g/mol. The zero-order valence-corrected chi connectivity index (χ0v) is 13.7. The Labute approximate surface area is 142 Å². The van der Waals surface area contributed by atoms with Crippen molar-refractivity contribution in [2.75, 3.05) is 19.0 Å². The summed E-state index contributed by atoms with van der Waals surface area (Å²) in [6, 6.07) is 6.11. The highest BCUT2D eigenvalue weighted by Gasteiger charge is 2.38. The Morgan fingerprint density at radius 2 is 1.84 bits per heavy atom. The highest BCUT2D eigenvalue weighted by atomic mass is 32.3. The topological polar surface area (TPSA) is 183 Å². The summed E-state index contributed by atoms with van der Waals surface area (Å²) in [6.07, 6.45) is -2.78. The molecule has 12 heteroatoms. The fourth-order valence-electron chi connectivity index (χ4n) is 1.62. The average Bonchev–Trinajstić information content (AvgIpc) is 2.81. The summed E-state index contributed by atoms with van der Waals surface area (Å²) in [5.74, 6) is -2.71. The number of benzene rings is 1. The van der Waals surface area contributed by atoms with Crippen molar-refractivity contribution >= 4 is 22.1 Å². The van der Waals surface area contributed by atoms with Crippen LogP contribution in [0.2, 0.25) is 0 Å².